The number of alkyl halides is 1. The molecule has 0 saturated carbocycles. The van der Waals surface area contributed by atoms with Gasteiger partial charge in [-0.1, -0.05) is 31.5 Å². The van der Waals surface area contributed by atoms with E-state index in [1.54, 1.807) is 0 Å². The third kappa shape index (κ3) is 2.66. The van der Waals surface area contributed by atoms with Crippen LogP contribution in [0.1, 0.15) is 24.7 Å². The van der Waals surface area contributed by atoms with Gasteiger partial charge >= 0.3 is 0 Å². The molecule has 21 heavy (non-hydrogen) atoms. The van der Waals surface area contributed by atoms with Crippen LogP contribution in [0.2, 0.25) is 0 Å². The Labute approximate surface area is 129 Å². The molecule has 0 aliphatic heterocycles. The molecule has 0 N–H and O–H groups in total. The predicted octanol–water partition coefficient (Wildman–Crippen LogP) is 4.15. The second-order valence-electron chi connectivity index (χ2n) is 5.03. The predicted molar refractivity (Wildman–Crippen MR) is 87.3 cm³/mol. The fourth-order valence-electron chi connectivity index (χ4n) is 2.67. The number of rotatable bonds is 5. The Bertz CT molecular complexity index is 749. The Morgan fingerprint density at radius 3 is 2.76 bits per heavy atom. The molecule has 4 heteroatoms. The number of aryl methyl sites for hydroxylation is 2. The maximum atomic E-state index is 5.95. The van der Waals surface area contributed by atoms with Gasteiger partial charge in [0, 0.05) is 18.5 Å². The smallest absolute Gasteiger partial charge is 0.164 e. The molecule has 3 nitrogen and oxygen atoms in total. The largest absolute Gasteiger partial charge is 0.280 e. The first-order valence-electron chi connectivity index (χ1n) is 7.31. The summed E-state index contributed by atoms with van der Waals surface area (Å²) in [4.78, 5) is 9.22. The second kappa shape index (κ2) is 6.27. The van der Waals surface area contributed by atoms with E-state index >= 15 is 0 Å². The van der Waals surface area contributed by atoms with Gasteiger partial charge in [-0.2, -0.15) is 0 Å². The molecule has 0 unspecified atom stereocenters. The number of hydrogen-bond acceptors (Lipinski definition) is 2. The summed E-state index contributed by atoms with van der Waals surface area (Å²) in [7, 11) is 0. The van der Waals surface area contributed by atoms with Crippen molar-refractivity contribution in [1.82, 2.24) is 14.5 Å². The molecule has 0 fully saturated rings. The van der Waals surface area contributed by atoms with Crippen molar-refractivity contribution in [3.63, 3.8) is 0 Å². The standard InChI is InChI=1S/C17H18ClN3/c1-2-6-13-7-3-4-9-15(13)21-16(10-11-18)20-14-8-5-12-19-17(14)21/h3-5,7-9,12H,2,6,10-11H2,1H3. The monoisotopic (exact) mass is 299 g/mol. The first kappa shape index (κ1) is 14.1. The maximum absolute atomic E-state index is 5.95. The summed E-state index contributed by atoms with van der Waals surface area (Å²) < 4.78 is 2.16. The molecule has 3 rings (SSSR count). The first-order valence-corrected chi connectivity index (χ1v) is 7.85. The van der Waals surface area contributed by atoms with Crippen molar-refractivity contribution in [2.75, 3.05) is 5.88 Å². The van der Waals surface area contributed by atoms with Crippen LogP contribution < -0.4 is 0 Å². The zero-order valence-corrected chi connectivity index (χ0v) is 12.8. The van der Waals surface area contributed by atoms with Gasteiger partial charge < -0.3 is 0 Å². The Kier molecular flexibility index (Phi) is 4.20. The molecule has 2 heterocycles. The first-order chi connectivity index (χ1) is 10.3. The Hall–Kier alpha value is -1.87. The van der Waals surface area contributed by atoms with Gasteiger partial charge in [-0.25, -0.2) is 9.97 Å². The molecule has 3 aromatic rings. The van der Waals surface area contributed by atoms with Gasteiger partial charge in [0.05, 0.1) is 5.69 Å². The van der Waals surface area contributed by atoms with E-state index in [1.165, 1.54) is 11.3 Å². The van der Waals surface area contributed by atoms with Crippen molar-refractivity contribution in [3.05, 3.63) is 54.0 Å². The van der Waals surface area contributed by atoms with Gasteiger partial charge in [0.25, 0.3) is 0 Å². The number of nitrogens with zero attached hydrogens (tertiary/aromatic N) is 3. The van der Waals surface area contributed by atoms with Crippen molar-refractivity contribution in [2.45, 2.75) is 26.2 Å². The fourth-order valence-corrected chi connectivity index (χ4v) is 2.84. The van der Waals surface area contributed by atoms with Crippen LogP contribution in [-0.4, -0.2) is 20.4 Å². The van der Waals surface area contributed by atoms with Crippen LogP contribution in [0.15, 0.2) is 42.6 Å². The third-order valence-electron chi connectivity index (χ3n) is 3.56. The summed E-state index contributed by atoms with van der Waals surface area (Å²) >= 11 is 5.95. The summed E-state index contributed by atoms with van der Waals surface area (Å²) in [6.07, 6.45) is 4.71. The van der Waals surface area contributed by atoms with Crippen LogP contribution in [0.4, 0.5) is 0 Å². The number of para-hydroxylation sites is 1. The Morgan fingerprint density at radius 2 is 1.95 bits per heavy atom. The highest BCUT2D eigenvalue weighted by Crippen LogP contribution is 2.24. The summed E-state index contributed by atoms with van der Waals surface area (Å²) in [6, 6.07) is 12.4. The van der Waals surface area contributed by atoms with E-state index in [2.05, 4.69) is 40.7 Å². The van der Waals surface area contributed by atoms with E-state index in [9.17, 15) is 0 Å². The van der Waals surface area contributed by atoms with Gasteiger partial charge in [-0.05, 0) is 30.2 Å². The van der Waals surface area contributed by atoms with Crippen LogP contribution in [-0.2, 0) is 12.8 Å². The molecule has 0 atom stereocenters. The van der Waals surface area contributed by atoms with Crippen LogP contribution in [0.5, 0.6) is 0 Å². The lowest BCUT2D eigenvalue weighted by Gasteiger charge is -2.13. The number of halogens is 1. The van der Waals surface area contributed by atoms with E-state index in [1.807, 2.05) is 18.3 Å². The average molecular weight is 300 g/mol. The van der Waals surface area contributed by atoms with Crippen molar-refractivity contribution in [1.29, 1.82) is 0 Å². The van der Waals surface area contributed by atoms with Crippen molar-refractivity contribution < 1.29 is 0 Å². The van der Waals surface area contributed by atoms with E-state index < -0.39 is 0 Å². The zero-order chi connectivity index (χ0) is 14.7. The molecule has 0 saturated heterocycles. The Balaban J connectivity index is 2.25. The van der Waals surface area contributed by atoms with E-state index in [0.29, 0.717) is 5.88 Å². The second-order valence-corrected chi connectivity index (χ2v) is 5.41. The lowest BCUT2D eigenvalue weighted by molar-refractivity contribution is 0.865. The quantitative estimate of drug-likeness (QED) is 0.663. The number of aromatic nitrogens is 3. The van der Waals surface area contributed by atoms with Crippen LogP contribution in [0.25, 0.3) is 16.9 Å². The van der Waals surface area contributed by atoms with Gasteiger partial charge in [0.1, 0.15) is 11.3 Å². The summed E-state index contributed by atoms with van der Waals surface area (Å²) in [5.41, 5.74) is 4.31. The molecular weight excluding hydrogens is 282 g/mol. The molecule has 0 amide bonds. The molecule has 0 spiro atoms. The van der Waals surface area contributed by atoms with Gasteiger partial charge in [0.2, 0.25) is 0 Å². The highest BCUT2D eigenvalue weighted by atomic mass is 35.5. The minimum Gasteiger partial charge on any atom is -0.280 e. The van der Waals surface area contributed by atoms with Gasteiger partial charge in [-0.3, -0.25) is 4.57 Å². The van der Waals surface area contributed by atoms with Gasteiger partial charge in [-0.15, -0.1) is 11.6 Å². The van der Waals surface area contributed by atoms with Crippen LogP contribution >= 0.6 is 11.6 Å². The van der Waals surface area contributed by atoms with Crippen molar-refractivity contribution in [2.24, 2.45) is 0 Å². The number of fused-ring (bicyclic) bond motifs is 1. The Morgan fingerprint density at radius 1 is 1.10 bits per heavy atom. The molecule has 0 radical (unpaired) electrons. The summed E-state index contributed by atoms with van der Waals surface area (Å²) in [5.74, 6) is 1.53. The maximum Gasteiger partial charge on any atom is 0.164 e. The molecule has 0 bridgehead atoms. The van der Waals surface area contributed by atoms with Gasteiger partial charge in [0.15, 0.2) is 5.65 Å². The van der Waals surface area contributed by atoms with Crippen molar-refractivity contribution >= 4 is 22.8 Å². The molecule has 0 aliphatic rings. The zero-order valence-electron chi connectivity index (χ0n) is 12.1. The molecule has 1 aromatic carbocycles. The number of pyridine rings is 1. The SMILES string of the molecule is CCCc1ccccc1-n1c(CCCl)nc2cccnc21. The lowest BCUT2D eigenvalue weighted by atomic mass is 10.1. The normalized spacial score (nSPS) is 11.1. The van der Waals surface area contributed by atoms with Crippen LogP contribution in [0, 0.1) is 0 Å². The van der Waals surface area contributed by atoms with Crippen molar-refractivity contribution in [3.8, 4) is 5.69 Å². The molecule has 108 valence electrons. The highest BCUT2D eigenvalue weighted by Gasteiger charge is 2.14. The molecule has 0 aliphatic carbocycles. The minimum atomic E-state index is 0.555. The highest BCUT2D eigenvalue weighted by molar-refractivity contribution is 6.17. The fraction of sp³-hybridized carbons (Fsp3) is 0.294. The third-order valence-corrected chi connectivity index (χ3v) is 3.74. The van der Waals surface area contributed by atoms with E-state index in [-0.39, 0.29) is 0 Å². The topological polar surface area (TPSA) is 30.7 Å². The van der Waals surface area contributed by atoms with E-state index in [4.69, 9.17) is 16.6 Å². The number of benzene rings is 1. The van der Waals surface area contributed by atoms with E-state index in [0.717, 1.165) is 36.3 Å². The molecular formula is C17H18ClN3. The number of hydrogen-bond donors (Lipinski definition) is 0. The lowest BCUT2D eigenvalue weighted by Crippen LogP contribution is -2.06. The molecule has 2 aromatic heterocycles. The minimum absolute atomic E-state index is 0.555. The summed E-state index contributed by atoms with van der Waals surface area (Å²) in [5, 5.41) is 0. The summed E-state index contributed by atoms with van der Waals surface area (Å²) in [6.45, 7) is 2.20. The average Bonchev–Trinajstić information content (AvgIpc) is 2.86. The van der Waals surface area contributed by atoms with Crippen LogP contribution in [0.3, 0.4) is 0 Å². The number of imidazole rings is 1.